The quantitative estimate of drug-likeness (QED) is 0.0943. The second kappa shape index (κ2) is 29.7. The summed E-state index contributed by atoms with van der Waals surface area (Å²) in [7, 11) is 19.0. The minimum atomic E-state index is 0.236. The first-order valence-corrected chi connectivity index (χ1v) is 16.2. The van der Waals surface area contributed by atoms with Crippen LogP contribution in [0.2, 0.25) is 0 Å². The van der Waals surface area contributed by atoms with Crippen LogP contribution in [-0.4, -0.2) is 196 Å². The molecular formula is C30H60N12O12. The molecule has 2 rings (SSSR count). The Morgan fingerprint density at radius 1 is 0.222 bits per heavy atom. The van der Waals surface area contributed by atoms with Crippen LogP contribution >= 0.6 is 0 Å². The molecule has 2 heterocycles. The summed E-state index contributed by atoms with van der Waals surface area (Å²) in [5.74, 6) is 2.21. The summed E-state index contributed by atoms with van der Waals surface area (Å²) in [5.41, 5.74) is 0. The molecule has 54 heavy (non-hydrogen) atoms. The van der Waals surface area contributed by atoms with Crippen LogP contribution in [0, 0.1) is 0 Å². The minimum absolute atomic E-state index is 0.236. The number of rotatable bonds is 30. The Balaban J connectivity index is 0.000000540. The van der Waals surface area contributed by atoms with E-state index in [1.165, 1.54) is 0 Å². The highest BCUT2D eigenvalue weighted by atomic mass is 16.5. The van der Waals surface area contributed by atoms with Crippen LogP contribution in [0.5, 0.6) is 0 Å². The van der Waals surface area contributed by atoms with Crippen LogP contribution in [-0.2, 0) is 56.8 Å². The lowest BCUT2D eigenvalue weighted by atomic mass is 10.6. The fourth-order valence-corrected chi connectivity index (χ4v) is 4.32. The highest BCUT2D eigenvalue weighted by molar-refractivity contribution is 5.47. The maximum Gasteiger partial charge on any atom is 0.235 e. The molecule has 24 nitrogen and oxygen atoms in total. The molecule has 0 aliphatic heterocycles. The Morgan fingerprint density at radius 2 is 0.315 bits per heavy atom. The molecule has 2 aromatic heterocycles. The number of ether oxygens (including phenoxy) is 12. The minimum Gasteiger partial charge on any atom is -0.364 e. The van der Waals surface area contributed by atoms with Gasteiger partial charge in [0.1, 0.15) is 80.8 Å². The summed E-state index contributed by atoms with van der Waals surface area (Å²) in [6.07, 6.45) is 0. The molecule has 312 valence electrons. The molecule has 0 unspecified atom stereocenters. The third-order valence-electron chi connectivity index (χ3n) is 6.32. The van der Waals surface area contributed by atoms with Crippen molar-refractivity contribution in [1.82, 2.24) is 29.9 Å². The van der Waals surface area contributed by atoms with Gasteiger partial charge in [0.25, 0.3) is 0 Å². The molecule has 0 saturated heterocycles. The highest BCUT2D eigenvalue weighted by Gasteiger charge is 2.22. The molecular weight excluding hydrogens is 720 g/mol. The predicted molar refractivity (Wildman–Crippen MR) is 197 cm³/mol. The Kier molecular flexibility index (Phi) is 26.6. The number of hydrogen-bond acceptors (Lipinski definition) is 24. The number of anilines is 6. The molecule has 0 N–H and O–H groups in total. The van der Waals surface area contributed by atoms with Crippen molar-refractivity contribution in [3.05, 3.63) is 0 Å². The standard InChI is InChI=1S/2C15H30N6O6/c2*1-22-7-19(8-23-2)13-16-14(20(9-24-3)10-25-4)18-15(17-13)21(11-26-5)12-27-6/h2*7-12H2,1-6H3. The molecule has 0 aliphatic carbocycles. The summed E-state index contributed by atoms with van der Waals surface area (Å²) in [6, 6.07) is 0. The van der Waals surface area contributed by atoms with Crippen LogP contribution in [0.25, 0.3) is 0 Å². The van der Waals surface area contributed by atoms with Crippen molar-refractivity contribution >= 4 is 35.7 Å². The smallest absolute Gasteiger partial charge is 0.235 e. The van der Waals surface area contributed by atoms with Gasteiger partial charge in [-0.05, 0) is 0 Å². The van der Waals surface area contributed by atoms with Crippen molar-refractivity contribution in [1.29, 1.82) is 0 Å². The van der Waals surface area contributed by atoms with Gasteiger partial charge >= 0.3 is 0 Å². The van der Waals surface area contributed by atoms with Crippen LogP contribution in [0.1, 0.15) is 0 Å². The van der Waals surface area contributed by atoms with Crippen molar-refractivity contribution in [2.24, 2.45) is 0 Å². The van der Waals surface area contributed by atoms with Gasteiger partial charge in [-0.25, -0.2) is 0 Å². The van der Waals surface area contributed by atoms with Gasteiger partial charge in [0.15, 0.2) is 0 Å². The topological polar surface area (TPSA) is 208 Å². The van der Waals surface area contributed by atoms with Gasteiger partial charge in [-0.1, -0.05) is 0 Å². The maximum atomic E-state index is 5.22. The lowest BCUT2D eigenvalue weighted by molar-refractivity contribution is 0.134. The van der Waals surface area contributed by atoms with Gasteiger partial charge in [0.2, 0.25) is 35.7 Å². The predicted octanol–water partition coefficient (Wildman–Crippen LogP) is -0.172. The molecule has 0 spiro atoms. The van der Waals surface area contributed by atoms with E-state index < -0.39 is 0 Å². The zero-order valence-electron chi connectivity index (χ0n) is 33.8. The lowest BCUT2D eigenvalue weighted by Crippen LogP contribution is -2.36. The van der Waals surface area contributed by atoms with E-state index in [4.69, 9.17) is 56.8 Å². The van der Waals surface area contributed by atoms with E-state index >= 15 is 0 Å². The SMILES string of the molecule is COCN(COC)c1nc(N(COC)COC)nc(N(COC)COC)n1.COCN(COC)c1nc(N(COC)COC)nc(N(COC)COC)n1. The first-order chi connectivity index (χ1) is 26.3. The van der Waals surface area contributed by atoms with Gasteiger partial charge in [0.05, 0.1) is 0 Å². The van der Waals surface area contributed by atoms with E-state index in [9.17, 15) is 0 Å². The highest BCUT2D eigenvalue weighted by Crippen LogP contribution is 2.21. The maximum absolute atomic E-state index is 5.22. The summed E-state index contributed by atoms with van der Waals surface area (Å²) >= 11 is 0. The molecule has 0 fully saturated rings. The average molecular weight is 781 g/mol. The molecule has 24 heteroatoms. The number of nitrogens with zero attached hydrogens (tertiary/aromatic N) is 12. The largest absolute Gasteiger partial charge is 0.364 e. The zero-order valence-corrected chi connectivity index (χ0v) is 33.8. The van der Waals surface area contributed by atoms with Crippen LogP contribution in [0.4, 0.5) is 35.7 Å². The monoisotopic (exact) mass is 780 g/mol. The lowest BCUT2D eigenvalue weighted by Gasteiger charge is -2.27. The van der Waals surface area contributed by atoms with Crippen LogP contribution < -0.4 is 29.4 Å². The molecule has 0 saturated carbocycles. The van der Waals surface area contributed by atoms with Crippen LogP contribution in [0.3, 0.4) is 0 Å². The van der Waals surface area contributed by atoms with Gasteiger partial charge in [-0.3, -0.25) is 29.4 Å². The third-order valence-corrected chi connectivity index (χ3v) is 6.32. The molecule has 0 bridgehead atoms. The Labute approximate surface area is 317 Å². The molecule has 0 radical (unpaired) electrons. The first kappa shape index (κ1) is 48.4. The number of hydrogen-bond donors (Lipinski definition) is 0. The molecule has 0 atom stereocenters. The van der Waals surface area contributed by atoms with Crippen molar-refractivity contribution in [2.75, 3.05) is 195 Å². The van der Waals surface area contributed by atoms with E-state index in [2.05, 4.69) is 29.9 Å². The van der Waals surface area contributed by atoms with E-state index in [-0.39, 0.29) is 80.8 Å². The van der Waals surface area contributed by atoms with Crippen molar-refractivity contribution in [3.63, 3.8) is 0 Å². The summed E-state index contributed by atoms with van der Waals surface area (Å²) in [6.45, 7) is 2.83. The van der Waals surface area contributed by atoms with E-state index in [1.54, 1.807) is 115 Å². The van der Waals surface area contributed by atoms with Crippen molar-refractivity contribution in [2.45, 2.75) is 0 Å². The van der Waals surface area contributed by atoms with Gasteiger partial charge in [0, 0.05) is 85.3 Å². The van der Waals surface area contributed by atoms with Crippen molar-refractivity contribution < 1.29 is 56.8 Å². The Bertz CT molecular complexity index is 939. The molecule has 0 amide bonds. The Hall–Kier alpha value is -3.66. The summed E-state index contributed by atoms with van der Waals surface area (Å²) in [5, 5.41) is 0. The second-order valence-electron chi connectivity index (χ2n) is 10.7. The molecule has 2 aromatic rings. The number of methoxy groups -OCH3 is 12. The zero-order chi connectivity index (χ0) is 40.1. The molecule has 0 aromatic carbocycles. The number of aromatic nitrogens is 6. The summed E-state index contributed by atoms with van der Waals surface area (Å²) in [4.78, 5) is 37.4. The second-order valence-corrected chi connectivity index (χ2v) is 10.7. The van der Waals surface area contributed by atoms with Crippen molar-refractivity contribution in [3.8, 4) is 0 Å². The first-order valence-electron chi connectivity index (χ1n) is 16.2. The average Bonchev–Trinajstić information content (AvgIpc) is 3.17. The fraction of sp³-hybridized carbons (Fsp3) is 0.800. The van der Waals surface area contributed by atoms with Gasteiger partial charge < -0.3 is 56.8 Å². The van der Waals surface area contributed by atoms with Crippen LogP contribution in [0.15, 0.2) is 0 Å². The molecule has 0 aliphatic rings. The normalized spacial score (nSPS) is 10.9. The van der Waals surface area contributed by atoms with Gasteiger partial charge in [-0.2, -0.15) is 29.9 Å². The van der Waals surface area contributed by atoms with E-state index in [1.807, 2.05) is 0 Å². The Morgan fingerprint density at radius 3 is 0.389 bits per heavy atom. The summed E-state index contributed by atoms with van der Waals surface area (Å²) < 4.78 is 62.7. The van der Waals surface area contributed by atoms with Gasteiger partial charge in [-0.15, -0.1) is 0 Å². The van der Waals surface area contributed by atoms with E-state index in [0.29, 0.717) is 35.7 Å². The fourth-order valence-electron chi connectivity index (χ4n) is 4.32. The third kappa shape index (κ3) is 16.8. The van der Waals surface area contributed by atoms with E-state index in [0.717, 1.165) is 0 Å².